The second-order valence-electron chi connectivity index (χ2n) is 5.48. The number of hydrogen-bond acceptors (Lipinski definition) is 4. The third kappa shape index (κ3) is 3.14. The molecule has 0 saturated carbocycles. The van der Waals surface area contributed by atoms with Crippen molar-refractivity contribution in [1.29, 1.82) is 0 Å². The van der Waals surface area contributed by atoms with E-state index in [0.29, 0.717) is 6.79 Å². The number of rotatable bonds is 5. The molecule has 5 nitrogen and oxygen atoms in total. The van der Waals surface area contributed by atoms with Crippen LogP contribution in [0.1, 0.15) is 18.1 Å². The van der Waals surface area contributed by atoms with Crippen LogP contribution in [-0.2, 0) is 20.1 Å². The normalized spacial score (nSPS) is 12.9. The van der Waals surface area contributed by atoms with Gasteiger partial charge in [0, 0.05) is 32.4 Å². The number of ether oxygens (including phenoxy) is 2. The van der Waals surface area contributed by atoms with E-state index in [4.69, 9.17) is 9.47 Å². The Kier molecular flexibility index (Phi) is 4.15. The number of nitrogens with zero attached hydrogens (tertiary/aromatic N) is 2. The van der Waals surface area contributed by atoms with Crippen LogP contribution in [0.3, 0.4) is 0 Å². The van der Waals surface area contributed by atoms with Crippen molar-refractivity contribution in [1.82, 2.24) is 9.47 Å². The zero-order chi connectivity index (χ0) is 15.5. The molecule has 22 heavy (non-hydrogen) atoms. The van der Waals surface area contributed by atoms with Gasteiger partial charge in [-0.25, -0.2) is 0 Å². The summed E-state index contributed by atoms with van der Waals surface area (Å²) in [6.45, 7) is 4.88. The molecule has 0 fully saturated rings. The van der Waals surface area contributed by atoms with Gasteiger partial charge in [-0.3, -0.25) is 9.69 Å². The van der Waals surface area contributed by atoms with E-state index in [9.17, 15) is 4.79 Å². The molecule has 5 heteroatoms. The summed E-state index contributed by atoms with van der Waals surface area (Å²) < 4.78 is 12.3. The Morgan fingerprint density at radius 2 is 1.82 bits per heavy atom. The maximum absolute atomic E-state index is 11.7. The van der Waals surface area contributed by atoms with Crippen molar-refractivity contribution in [2.75, 3.05) is 13.3 Å². The second-order valence-corrected chi connectivity index (χ2v) is 5.48. The van der Waals surface area contributed by atoms with Crippen molar-refractivity contribution in [2.24, 2.45) is 7.05 Å². The van der Waals surface area contributed by atoms with Crippen molar-refractivity contribution >= 4 is 0 Å². The Bertz CT molecular complexity index is 724. The van der Waals surface area contributed by atoms with E-state index in [1.165, 1.54) is 5.56 Å². The lowest BCUT2D eigenvalue weighted by atomic mass is 10.1. The first-order valence-corrected chi connectivity index (χ1v) is 7.42. The van der Waals surface area contributed by atoms with Gasteiger partial charge in [-0.1, -0.05) is 13.0 Å². The van der Waals surface area contributed by atoms with Crippen LogP contribution in [0.2, 0.25) is 0 Å². The van der Waals surface area contributed by atoms with Gasteiger partial charge in [0.2, 0.25) is 6.79 Å². The topological polar surface area (TPSA) is 43.7 Å². The van der Waals surface area contributed by atoms with Crippen LogP contribution < -0.4 is 15.0 Å². The highest BCUT2D eigenvalue weighted by Gasteiger charge is 2.14. The Hall–Kier alpha value is -2.27. The van der Waals surface area contributed by atoms with Gasteiger partial charge in [0.15, 0.2) is 11.5 Å². The third-order valence-electron chi connectivity index (χ3n) is 3.87. The van der Waals surface area contributed by atoms with E-state index in [1.54, 1.807) is 17.7 Å². The molecular weight excluding hydrogens is 280 g/mol. The molecule has 0 atom stereocenters. The molecule has 0 amide bonds. The van der Waals surface area contributed by atoms with Gasteiger partial charge in [-0.05, 0) is 35.9 Å². The fourth-order valence-electron chi connectivity index (χ4n) is 2.52. The van der Waals surface area contributed by atoms with Gasteiger partial charge in [0.05, 0.1) is 0 Å². The van der Waals surface area contributed by atoms with Gasteiger partial charge < -0.3 is 14.0 Å². The number of benzene rings is 1. The molecule has 0 radical (unpaired) electrons. The van der Waals surface area contributed by atoms with Gasteiger partial charge in [-0.15, -0.1) is 0 Å². The molecule has 0 aliphatic carbocycles. The molecule has 1 aromatic heterocycles. The molecule has 2 aromatic rings. The molecule has 116 valence electrons. The average molecular weight is 300 g/mol. The number of aryl methyl sites for hydroxylation is 1. The van der Waals surface area contributed by atoms with Crippen molar-refractivity contribution in [3.8, 4) is 11.5 Å². The van der Waals surface area contributed by atoms with Crippen molar-refractivity contribution < 1.29 is 9.47 Å². The van der Waals surface area contributed by atoms with Crippen LogP contribution in [0.15, 0.2) is 41.3 Å². The van der Waals surface area contributed by atoms with Crippen molar-refractivity contribution in [3.05, 3.63) is 58.0 Å². The summed E-state index contributed by atoms with van der Waals surface area (Å²) in [5.41, 5.74) is 2.23. The van der Waals surface area contributed by atoms with Crippen LogP contribution in [0.4, 0.5) is 0 Å². The largest absolute Gasteiger partial charge is 0.454 e. The summed E-state index contributed by atoms with van der Waals surface area (Å²) in [6, 6.07) is 9.71. The zero-order valence-corrected chi connectivity index (χ0v) is 12.9. The Morgan fingerprint density at radius 3 is 2.55 bits per heavy atom. The minimum Gasteiger partial charge on any atom is -0.454 e. The summed E-state index contributed by atoms with van der Waals surface area (Å²) in [7, 11) is 1.76. The predicted molar refractivity (Wildman–Crippen MR) is 84.0 cm³/mol. The Morgan fingerprint density at radius 1 is 1.09 bits per heavy atom. The molecule has 0 bridgehead atoms. The first-order chi connectivity index (χ1) is 10.7. The summed E-state index contributed by atoms with van der Waals surface area (Å²) in [5, 5.41) is 0. The van der Waals surface area contributed by atoms with Crippen molar-refractivity contribution in [3.63, 3.8) is 0 Å². The number of aromatic nitrogens is 1. The van der Waals surface area contributed by atoms with Crippen LogP contribution in [0.25, 0.3) is 0 Å². The van der Waals surface area contributed by atoms with E-state index in [2.05, 4.69) is 17.9 Å². The highest BCUT2D eigenvalue weighted by molar-refractivity contribution is 5.44. The summed E-state index contributed by atoms with van der Waals surface area (Å²) in [6.07, 6.45) is 1.81. The van der Waals surface area contributed by atoms with E-state index < -0.39 is 0 Å². The molecule has 2 heterocycles. The zero-order valence-electron chi connectivity index (χ0n) is 12.9. The lowest BCUT2D eigenvalue weighted by Gasteiger charge is -2.20. The molecule has 1 aliphatic rings. The lowest BCUT2D eigenvalue weighted by Crippen LogP contribution is -2.24. The molecule has 0 saturated heterocycles. The minimum atomic E-state index is 0.0247. The molecule has 0 unspecified atom stereocenters. The second kappa shape index (κ2) is 6.23. The minimum absolute atomic E-state index is 0.0247. The van der Waals surface area contributed by atoms with E-state index in [1.807, 2.05) is 24.4 Å². The summed E-state index contributed by atoms with van der Waals surface area (Å²) >= 11 is 0. The quantitative estimate of drug-likeness (QED) is 0.848. The fraction of sp³-hybridized carbons (Fsp3) is 0.353. The Labute approximate surface area is 129 Å². The molecular formula is C17H20N2O3. The van der Waals surface area contributed by atoms with Crippen LogP contribution in [0.5, 0.6) is 11.5 Å². The van der Waals surface area contributed by atoms with Crippen LogP contribution in [0, 0.1) is 0 Å². The maximum Gasteiger partial charge on any atom is 0.250 e. The number of pyridine rings is 1. The van der Waals surface area contributed by atoms with E-state index in [-0.39, 0.29) is 5.56 Å². The fourth-order valence-corrected chi connectivity index (χ4v) is 2.52. The van der Waals surface area contributed by atoms with E-state index in [0.717, 1.165) is 36.7 Å². The highest BCUT2D eigenvalue weighted by Crippen LogP contribution is 2.32. The first kappa shape index (κ1) is 14.7. The van der Waals surface area contributed by atoms with E-state index >= 15 is 0 Å². The molecule has 0 spiro atoms. The third-order valence-corrected chi connectivity index (χ3v) is 3.87. The van der Waals surface area contributed by atoms with Crippen LogP contribution in [-0.4, -0.2) is 22.8 Å². The standard InChI is InChI=1S/C17H20N2O3/c1-3-19(11-14-6-7-18(2)17(20)9-14)10-13-4-5-15-16(8-13)22-12-21-15/h4-9H,3,10-12H2,1-2H3. The summed E-state index contributed by atoms with van der Waals surface area (Å²) in [5.74, 6) is 1.61. The smallest absolute Gasteiger partial charge is 0.250 e. The maximum atomic E-state index is 11.7. The van der Waals surface area contributed by atoms with Gasteiger partial charge >= 0.3 is 0 Å². The monoisotopic (exact) mass is 300 g/mol. The number of hydrogen-bond donors (Lipinski definition) is 0. The molecule has 1 aliphatic heterocycles. The predicted octanol–water partition coefficient (Wildman–Crippen LogP) is 2.14. The van der Waals surface area contributed by atoms with Gasteiger partial charge in [-0.2, -0.15) is 0 Å². The van der Waals surface area contributed by atoms with Gasteiger partial charge in [0.1, 0.15) is 0 Å². The molecule has 3 rings (SSSR count). The average Bonchev–Trinajstić information content (AvgIpc) is 2.98. The first-order valence-electron chi connectivity index (χ1n) is 7.42. The van der Waals surface area contributed by atoms with Crippen LogP contribution >= 0.6 is 0 Å². The lowest BCUT2D eigenvalue weighted by molar-refractivity contribution is 0.174. The Balaban J connectivity index is 1.71. The molecule has 0 N–H and O–H groups in total. The van der Waals surface area contributed by atoms with Crippen molar-refractivity contribution in [2.45, 2.75) is 20.0 Å². The summed E-state index contributed by atoms with van der Waals surface area (Å²) in [4.78, 5) is 14.0. The number of fused-ring (bicyclic) bond motifs is 1. The molecule has 1 aromatic carbocycles. The highest BCUT2D eigenvalue weighted by atomic mass is 16.7. The SMILES string of the molecule is CCN(Cc1ccc2c(c1)OCO2)Cc1ccn(C)c(=O)c1. The van der Waals surface area contributed by atoms with Gasteiger partial charge in [0.25, 0.3) is 5.56 Å².